The van der Waals surface area contributed by atoms with Crippen molar-refractivity contribution in [1.82, 2.24) is 20.4 Å². The van der Waals surface area contributed by atoms with Crippen molar-refractivity contribution in [3.63, 3.8) is 0 Å². The average molecular weight is 480 g/mol. The molecule has 3 N–H and O–H groups in total. The lowest BCUT2D eigenvalue weighted by Crippen LogP contribution is -2.13. The molecule has 9 heteroatoms. The predicted molar refractivity (Wildman–Crippen MR) is 135 cm³/mol. The third-order valence-corrected chi connectivity index (χ3v) is 7.76. The van der Waals surface area contributed by atoms with E-state index in [1.807, 2.05) is 26.1 Å². The summed E-state index contributed by atoms with van der Waals surface area (Å²) < 4.78 is 30.4. The Kier molecular flexibility index (Phi) is 6.49. The first kappa shape index (κ1) is 23.6. The summed E-state index contributed by atoms with van der Waals surface area (Å²) in [5.74, 6) is 0.617. The topological polar surface area (TPSA) is 124 Å². The molecule has 0 aliphatic carbocycles. The zero-order valence-electron chi connectivity index (χ0n) is 19.5. The Morgan fingerprint density at radius 3 is 2.47 bits per heavy atom. The first-order chi connectivity index (χ1) is 16.2. The van der Waals surface area contributed by atoms with Gasteiger partial charge in [-0.05, 0) is 51.1 Å². The lowest BCUT2D eigenvalue weighted by molar-refractivity contribution is 0.433. The summed E-state index contributed by atoms with van der Waals surface area (Å²) in [6.07, 6.45) is 1.55. The predicted octanol–water partition coefficient (Wildman–Crippen LogP) is 4.50. The molecule has 0 radical (unpaired) electrons. The van der Waals surface area contributed by atoms with Crippen LogP contribution in [0.3, 0.4) is 0 Å². The minimum atomic E-state index is -3.35. The molecular weight excluding hydrogens is 450 g/mol. The molecule has 0 saturated heterocycles. The van der Waals surface area contributed by atoms with Crippen LogP contribution in [0.15, 0.2) is 64.1 Å². The van der Waals surface area contributed by atoms with Crippen molar-refractivity contribution < 1.29 is 14.4 Å². The van der Waals surface area contributed by atoms with Crippen molar-refractivity contribution in [2.45, 2.75) is 37.5 Å². The van der Waals surface area contributed by atoms with Crippen LogP contribution >= 0.6 is 0 Å². The molecule has 4 aromatic rings. The third-order valence-electron chi connectivity index (χ3n) is 5.59. The molecule has 34 heavy (non-hydrogen) atoms. The lowest BCUT2D eigenvalue weighted by atomic mass is 10.0. The van der Waals surface area contributed by atoms with Crippen molar-refractivity contribution in [2.24, 2.45) is 0 Å². The van der Waals surface area contributed by atoms with Gasteiger partial charge in [-0.1, -0.05) is 35.5 Å². The van der Waals surface area contributed by atoms with E-state index < -0.39 is 15.1 Å². The maximum atomic E-state index is 12.4. The number of aromatic nitrogens is 3. The van der Waals surface area contributed by atoms with Gasteiger partial charge in [-0.3, -0.25) is 0 Å². The maximum absolute atomic E-state index is 12.4. The lowest BCUT2D eigenvalue weighted by Gasteiger charge is -2.09. The second kappa shape index (κ2) is 9.36. The summed E-state index contributed by atoms with van der Waals surface area (Å²) in [6, 6.07) is 14.5. The first-order valence-corrected chi connectivity index (χ1v) is 12.4. The van der Waals surface area contributed by atoms with Crippen LogP contribution in [0.4, 0.5) is 5.82 Å². The molecule has 0 saturated carbocycles. The van der Waals surface area contributed by atoms with E-state index in [1.165, 1.54) is 5.56 Å². The molecular formula is C25H29N5O3S. The van der Waals surface area contributed by atoms with Gasteiger partial charge in [-0.15, -0.1) is 0 Å². The molecule has 2 heterocycles. The Bertz CT molecular complexity index is 1430. The molecule has 2 aromatic heterocycles. The largest absolute Gasteiger partial charge is 0.382 e. The second-order valence-corrected chi connectivity index (χ2v) is 10.9. The van der Waals surface area contributed by atoms with Gasteiger partial charge >= 0.3 is 0 Å². The van der Waals surface area contributed by atoms with E-state index >= 15 is 0 Å². The molecule has 2 aromatic carbocycles. The van der Waals surface area contributed by atoms with E-state index in [-0.39, 0.29) is 12.1 Å². The number of hydrogen-bond acceptors (Lipinski definition) is 8. The molecule has 178 valence electrons. The number of nitrogens with zero attached hydrogens (tertiary/aromatic N) is 3. The molecule has 0 aliphatic rings. The number of anilines is 1. The van der Waals surface area contributed by atoms with Crippen molar-refractivity contribution in [3.8, 4) is 34.0 Å². The molecule has 4 rings (SSSR count). The number of rotatable bonds is 7. The monoisotopic (exact) mass is 479 g/mol. The number of benzene rings is 2. The Balaban J connectivity index is 0.00000342. The fourth-order valence-corrected chi connectivity index (χ4v) is 4.71. The maximum Gasteiger partial charge on any atom is 0.189 e. The van der Waals surface area contributed by atoms with E-state index in [0.29, 0.717) is 28.4 Å². The molecule has 0 atom stereocenters. The number of hydrogen-bond donors (Lipinski definition) is 2. The Hall–Kier alpha value is -3.56. The van der Waals surface area contributed by atoms with Gasteiger partial charge in [0.25, 0.3) is 0 Å². The minimum absolute atomic E-state index is 0. The molecule has 0 aliphatic heterocycles. The third kappa shape index (κ3) is 4.57. The first-order valence-electron chi connectivity index (χ1n) is 10.9. The van der Waals surface area contributed by atoms with Gasteiger partial charge in [-0.2, -0.15) is 0 Å². The fourth-order valence-electron chi connectivity index (χ4n) is 3.65. The van der Waals surface area contributed by atoms with Gasteiger partial charge in [0, 0.05) is 25.2 Å². The SMILES string of the molecule is CNCc1ccc(-c2cc(-c3nc(-c4ccc(S(=O)(=O)C(C)C)cc4)cnc3N)on2)c(C)c1.[HH]. The van der Waals surface area contributed by atoms with Crippen LogP contribution in [0, 0.1) is 6.92 Å². The average Bonchev–Trinajstić information content (AvgIpc) is 3.29. The number of nitrogens with one attached hydrogen (secondary N) is 1. The Morgan fingerprint density at radius 2 is 1.82 bits per heavy atom. The number of nitrogen functional groups attached to an aromatic ring is 1. The fraction of sp³-hybridized carbons (Fsp3) is 0.240. The summed E-state index contributed by atoms with van der Waals surface area (Å²) in [7, 11) is -1.44. The van der Waals surface area contributed by atoms with E-state index in [0.717, 1.165) is 17.7 Å². The Labute approximate surface area is 200 Å². The van der Waals surface area contributed by atoms with E-state index in [4.69, 9.17) is 10.3 Å². The van der Waals surface area contributed by atoms with Gasteiger partial charge in [0.05, 0.1) is 22.0 Å². The van der Waals surface area contributed by atoms with Crippen LogP contribution in [-0.4, -0.2) is 35.8 Å². The van der Waals surface area contributed by atoms with E-state index in [1.54, 1.807) is 50.4 Å². The van der Waals surface area contributed by atoms with Crippen LogP contribution in [0.25, 0.3) is 34.0 Å². The quantitative estimate of drug-likeness (QED) is 0.397. The molecule has 0 fully saturated rings. The van der Waals surface area contributed by atoms with Crippen molar-refractivity contribution in [2.75, 3.05) is 12.8 Å². The van der Waals surface area contributed by atoms with Crippen LogP contribution in [0.1, 0.15) is 26.4 Å². The molecule has 8 nitrogen and oxygen atoms in total. The summed E-state index contributed by atoms with van der Waals surface area (Å²) in [6.45, 7) is 6.13. The van der Waals surface area contributed by atoms with E-state index in [9.17, 15) is 8.42 Å². The van der Waals surface area contributed by atoms with Gasteiger partial charge in [0.15, 0.2) is 27.1 Å². The highest BCUT2D eigenvalue weighted by atomic mass is 32.2. The summed E-state index contributed by atoms with van der Waals surface area (Å²) >= 11 is 0. The summed E-state index contributed by atoms with van der Waals surface area (Å²) in [5.41, 5.74) is 11.6. The van der Waals surface area contributed by atoms with Crippen molar-refractivity contribution >= 4 is 15.7 Å². The molecule has 0 spiro atoms. The minimum Gasteiger partial charge on any atom is -0.382 e. The smallest absolute Gasteiger partial charge is 0.189 e. The highest BCUT2D eigenvalue weighted by Crippen LogP contribution is 2.31. The zero-order valence-corrected chi connectivity index (χ0v) is 20.3. The molecule has 0 amide bonds. The number of aryl methyl sites for hydroxylation is 1. The summed E-state index contributed by atoms with van der Waals surface area (Å²) in [4.78, 5) is 9.16. The summed E-state index contributed by atoms with van der Waals surface area (Å²) in [5, 5.41) is 6.87. The highest BCUT2D eigenvalue weighted by molar-refractivity contribution is 7.92. The second-order valence-electron chi connectivity index (χ2n) is 8.36. The van der Waals surface area contributed by atoms with Crippen molar-refractivity contribution in [3.05, 3.63) is 65.9 Å². The van der Waals surface area contributed by atoms with Crippen LogP contribution in [-0.2, 0) is 16.4 Å². The van der Waals surface area contributed by atoms with Gasteiger partial charge in [0.1, 0.15) is 5.69 Å². The number of nitrogens with two attached hydrogens (primary N) is 1. The van der Waals surface area contributed by atoms with Gasteiger partial charge in [-0.25, -0.2) is 18.4 Å². The Morgan fingerprint density at radius 1 is 1.09 bits per heavy atom. The molecule has 0 bridgehead atoms. The van der Waals surface area contributed by atoms with Crippen LogP contribution < -0.4 is 11.1 Å². The van der Waals surface area contributed by atoms with Crippen LogP contribution in [0.2, 0.25) is 0 Å². The van der Waals surface area contributed by atoms with Gasteiger partial charge < -0.3 is 15.6 Å². The van der Waals surface area contributed by atoms with Crippen molar-refractivity contribution in [1.29, 1.82) is 0 Å². The highest BCUT2D eigenvalue weighted by Gasteiger charge is 2.20. The standard InChI is InChI=1S/C25H27N5O3S.H2/c1-15(2)34(31,32)19-8-6-18(7-9-19)22-14-28-25(26)24(29-22)23-12-21(30-33-23)20-10-5-17(13-27-4)11-16(20)3;/h5-12,14-15,27H,13H2,1-4H3,(H2,26,28);1H. The van der Waals surface area contributed by atoms with Crippen LogP contribution in [0.5, 0.6) is 0 Å². The van der Waals surface area contributed by atoms with Gasteiger partial charge in [0.2, 0.25) is 0 Å². The molecule has 0 unspecified atom stereocenters. The normalized spacial score (nSPS) is 11.8. The zero-order chi connectivity index (χ0) is 24.5. The van der Waals surface area contributed by atoms with E-state index in [2.05, 4.69) is 26.5 Å². The number of sulfone groups is 1.